The van der Waals surface area contributed by atoms with Crippen LogP contribution in [-0.4, -0.2) is 105 Å². The molecule has 2 saturated carbocycles. The van der Waals surface area contributed by atoms with E-state index in [9.17, 15) is 39.3 Å². The first-order valence-electron chi connectivity index (χ1n) is 20.7. The second-order valence-corrected chi connectivity index (χ2v) is 17.6. The van der Waals surface area contributed by atoms with Crippen molar-refractivity contribution in [3.05, 3.63) is 113 Å². The fourth-order valence-electron chi connectivity index (χ4n) is 10.3. The summed E-state index contributed by atoms with van der Waals surface area (Å²) in [4.78, 5) is 83.7. The van der Waals surface area contributed by atoms with Crippen molar-refractivity contribution in [3.8, 4) is 0 Å². The summed E-state index contributed by atoms with van der Waals surface area (Å²) >= 11 is 0. The standard InChI is InChI=1S/C47H52N2O14/c1-24-31(61-43(57)36(53)35(27-14-9-7-10-15-27)49-41(55)28-16-11-8-12-17-28)22-47(58)40(62-42(56)29-18-13-19-30(48)20-29)38-45(6,32(52)21-33-46(38,23-59-33)63-26(3)51)39(54)37(60-25(2)50)34(24)44(47,4)5/h7-20,31-33,35-38,40,52-53,58H,21-23,48H2,1-6H3,(H,49,55)/t31-,32-,33+,35-,36+,37+,38?,40-,45+,46-,47+/m0/s1. The summed E-state index contributed by atoms with van der Waals surface area (Å²) in [6.07, 6.45) is -10.7. The van der Waals surface area contributed by atoms with Gasteiger partial charge in [0.1, 0.15) is 23.9 Å². The van der Waals surface area contributed by atoms with E-state index >= 15 is 4.79 Å². The summed E-state index contributed by atoms with van der Waals surface area (Å²) in [5.74, 6) is -7.02. The fraction of sp³-hybridized carbons (Fsp3) is 0.447. The van der Waals surface area contributed by atoms with Crippen LogP contribution in [-0.2, 0) is 42.9 Å². The number of hydrogen-bond donors (Lipinski definition) is 5. The van der Waals surface area contributed by atoms with Gasteiger partial charge in [-0.05, 0) is 60.9 Å². The number of benzene rings is 3. The summed E-state index contributed by atoms with van der Waals surface area (Å²) in [5, 5.41) is 40.3. The quantitative estimate of drug-likeness (QED) is 0.0849. The largest absolute Gasteiger partial charge is 0.456 e. The van der Waals surface area contributed by atoms with Gasteiger partial charge in [-0.2, -0.15) is 0 Å². The van der Waals surface area contributed by atoms with Crippen LogP contribution in [0.3, 0.4) is 0 Å². The zero-order valence-corrected chi connectivity index (χ0v) is 35.7. The van der Waals surface area contributed by atoms with E-state index in [4.69, 9.17) is 29.4 Å². The number of carbonyl (C=O) groups excluding carboxylic acids is 6. The number of aliphatic hydroxyl groups excluding tert-OH is 2. The fourth-order valence-corrected chi connectivity index (χ4v) is 10.3. The van der Waals surface area contributed by atoms with Gasteiger partial charge in [-0.3, -0.25) is 19.2 Å². The van der Waals surface area contributed by atoms with E-state index in [0.29, 0.717) is 5.56 Å². The summed E-state index contributed by atoms with van der Waals surface area (Å²) in [7, 11) is 0. The molecule has 1 unspecified atom stereocenters. The molecule has 3 aromatic carbocycles. The Balaban J connectivity index is 1.39. The van der Waals surface area contributed by atoms with Crippen molar-refractivity contribution in [2.75, 3.05) is 12.3 Å². The average Bonchev–Trinajstić information content (AvgIpc) is 3.23. The van der Waals surface area contributed by atoms with Gasteiger partial charge in [-0.25, -0.2) is 9.59 Å². The summed E-state index contributed by atoms with van der Waals surface area (Å²) in [6, 6.07) is 20.9. The molecule has 63 heavy (non-hydrogen) atoms. The predicted molar refractivity (Wildman–Crippen MR) is 222 cm³/mol. The molecule has 3 fully saturated rings. The average molecular weight is 869 g/mol. The number of aliphatic hydroxyl groups is 3. The molecule has 2 bridgehead atoms. The molecular formula is C47H52N2O14. The molecule has 1 amide bonds. The van der Waals surface area contributed by atoms with E-state index in [1.807, 2.05) is 0 Å². The highest BCUT2D eigenvalue weighted by Crippen LogP contribution is 2.64. The van der Waals surface area contributed by atoms with Crippen molar-refractivity contribution >= 4 is 41.3 Å². The van der Waals surface area contributed by atoms with Crippen LogP contribution in [0.5, 0.6) is 0 Å². The van der Waals surface area contributed by atoms with Crippen molar-refractivity contribution in [1.82, 2.24) is 5.32 Å². The minimum absolute atomic E-state index is 0.0221. The number of amides is 1. The number of fused-ring (bicyclic) bond motifs is 5. The van der Waals surface area contributed by atoms with Crippen LogP contribution in [0.25, 0.3) is 0 Å². The summed E-state index contributed by atoms with van der Waals surface area (Å²) in [6.45, 7) is 7.88. The molecule has 1 aliphatic heterocycles. The van der Waals surface area contributed by atoms with Crippen LogP contribution in [0, 0.1) is 16.7 Å². The number of nitrogen functional groups attached to an aromatic ring is 1. The Kier molecular flexibility index (Phi) is 11.9. The highest BCUT2D eigenvalue weighted by Gasteiger charge is 2.78. The lowest BCUT2D eigenvalue weighted by Crippen LogP contribution is -2.82. The molecule has 16 nitrogen and oxygen atoms in total. The molecule has 3 aromatic rings. The van der Waals surface area contributed by atoms with Crippen molar-refractivity contribution in [2.45, 2.75) is 108 Å². The molecule has 4 aliphatic rings. The Bertz CT molecular complexity index is 2350. The van der Waals surface area contributed by atoms with Crippen molar-refractivity contribution in [2.24, 2.45) is 16.7 Å². The zero-order valence-electron chi connectivity index (χ0n) is 35.7. The van der Waals surface area contributed by atoms with Crippen molar-refractivity contribution in [3.63, 3.8) is 0 Å². The lowest BCUT2D eigenvalue weighted by Gasteiger charge is -2.67. The minimum Gasteiger partial charge on any atom is -0.456 e. The monoisotopic (exact) mass is 868 g/mol. The van der Waals surface area contributed by atoms with Gasteiger partial charge in [-0.1, -0.05) is 68.4 Å². The van der Waals surface area contributed by atoms with Gasteiger partial charge in [0.05, 0.1) is 35.6 Å². The minimum atomic E-state index is -2.43. The second kappa shape index (κ2) is 16.6. The highest BCUT2D eigenvalue weighted by molar-refractivity contribution is 5.96. The van der Waals surface area contributed by atoms with Gasteiger partial charge in [0.2, 0.25) is 0 Å². The third kappa shape index (κ3) is 7.58. The van der Waals surface area contributed by atoms with Crippen molar-refractivity contribution < 1.29 is 67.8 Å². The third-order valence-electron chi connectivity index (χ3n) is 13.6. The van der Waals surface area contributed by atoms with Gasteiger partial charge < -0.3 is 50.1 Å². The summed E-state index contributed by atoms with van der Waals surface area (Å²) in [5.41, 5.74) is -1.05. The molecule has 7 rings (SSSR count). The second-order valence-electron chi connectivity index (χ2n) is 17.6. The number of esters is 4. The molecule has 3 aliphatic carbocycles. The van der Waals surface area contributed by atoms with Crippen LogP contribution >= 0.6 is 0 Å². The molecular weight excluding hydrogens is 817 g/mol. The number of ether oxygens (including phenoxy) is 5. The third-order valence-corrected chi connectivity index (χ3v) is 13.6. The zero-order chi connectivity index (χ0) is 45.8. The first-order chi connectivity index (χ1) is 29.7. The first-order valence-corrected chi connectivity index (χ1v) is 20.7. The van der Waals surface area contributed by atoms with Gasteiger partial charge >= 0.3 is 23.9 Å². The number of anilines is 1. The first kappa shape index (κ1) is 45.1. The molecule has 0 radical (unpaired) electrons. The number of carbonyl (C=O) groups is 6. The van der Waals surface area contributed by atoms with Crippen molar-refractivity contribution in [1.29, 1.82) is 0 Å². The van der Waals surface area contributed by atoms with E-state index in [-0.39, 0.29) is 41.0 Å². The highest BCUT2D eigenvalue weighted by atomic mass is 16.6. The predicted octanol–water partition coefficient (Wildman–Crippen LogP) is 3.32. The Morgan fingerprint density at radius 2 is 1.51 bits per heavy atom. The molecule has 0 aromatic heterocycles. The van der Waals surface area contributed by atoms with Crippen LogP contribution in [0.1, 0.15) is 86.7 Å². The van der Waals surface area contributed by atoms with E-state index < -0.39 is 113 Å². The number of nitrogens with one attached hydrogen (secondary N) is 1. The van der Waals surface area contributed by atoms with Crippen LogP contribution in [0.4, 0.5) is 5.69 Å². The molecule has 1 heterocycles. The Labute approximate surface area is 363 Å². The Morgan fingerprint density at radius 1 is 0.873 bits per heavy atom. The summed E-state index contributed by atoms with van der Waals surface area (Å²) < 4.78 is 30.3. The molecule has 334 valence electrons. The number of Topliss-reactive ketones (excluding diaryl/α,β-unsaturated/α-hetero) is 1. The maximum atomic E-state index is 15.5. The maximum absolute atomic E-state index is 15.5. The Morgan fingerprint density at radius 3 is 2.10 bits per heavy atom. The maximum Gasteiger partial charge on any atom is 0.338 e. The Hall–Kier alpha value is -5.94. The van der Waals surface area contributed by atoms with Gasteiger partial charge in [-0.15, -0.1) is 0 Å². The van der Waals surface area contributed by atoms with E-state index in [2.05, 4.69) is 5.32 Å². The normalized spacial score (nSPS) is 31.5. The molecule has 6 N–H and O–H groups in total. The van der Waals surface area contributed by atoms with Crippen LogP contribution < -0.4 is 11.1 Å². The smallest absolute Gasteiger partial charge is 0.338 e. The number of rotatable bonds is 10. The van der Waals surface area contributed by atoms with E-state index in [0.717, 1.165) is 13.8 Å². The lowest BCUT2D eigenvalue weighted by molar-refractivity contribution is -0.346. The molecule has 11 atom stereocenters. The van der Waals surface area contributed by atoms with Gasteiger partial charge in [0.25, 0.3) is 5.91 Å². The number of nitrogens with two attached hydrogens (primary N) is 1. The molecule has 16 heteroatoms. The molecule has 1 saturated heterocycles. The lowest BCUT2D eigenvalue weighted by atomic mass is 9.44. The van der Waals surface area contributed by atoms with E-state index in [1.54, 1.807) is 80.6 Å². The SMILES string of the molecule is CC(=O)O[C@H]1C(=O)[C@@]2(C)C([C@H](OC(=O)c3cccc(N)c3)[C@]3(O)C[C@H](OC(=O)[C@H](O)[C@@H](NC(=O)c4ccccc4)c4ccccc4)C(C)=C1C3(C)C)[C@]1(OC(C)=O)CO[C@@H]1C[C@@H]2O. The van der Waals surface area contributed by atoms with Crippen LogP contribution in [0.2, 0.25) is 0 Å². The molecule has 0 spiro atoms. The van der Waals surface area contributed by atoms with Gasteiger partial charge in [0.15, 0.2) is 23.6 Å². The van der Waals surface area contributed by atoms with E-state index in [1.165, 1.54) is 32.0 Å². The number of ketones is 1. The number of hydrogen-bond acceptors (Lipinski definition) is 15. The van der Waals surface area contributed by atoms with Gasteiger partial charge in [0, 0.05) is 43.4 Å². The topological polar surface area (TPSA) is 247 Å². The van der Waals surface area contributed by atoms with Crippen LogP contribution in [0.15, 0.2) is 96.1 Å².